The molecular weight excluding hydrogens is 270 g/mol. The zero-order valence-corrected chi connectivity index (χ0v) is 12.6. The summed E-state index contributed by atoms with van der Waals surface area (Å²) < 4.78 is 5.54. The van der Waals surface area contributed by atoms with Gasteiger partial charge in [0, 0.05) is 11.5 Å². The Morgan fingerprint density at radius 2 is 1.90 bits per heavy atom. The van der Waals surface area contributed by atoms with E-state index in [-0.39, 0.29) is 24.0 Å². The van der Waals surface area contributed by atoms with E-state index in [4.69, 9.17) is 4.74 Å². The predicted octanol–water partition coefficient (Wildman–Crippen LogP) is 3.74. The van der Waals surface area contributed by atoms with Crippen LogP contribution in [0.5, 0.6) is 5.75 Å². The molecule has 0 unspecified atom stereocenters. The third-order valence-corrected chi connectivity index (χ3v) is 4.12. The number of ether oxygens (including phenoxy) is 1. The maximum Gasteiger partial charge on any atom is 0.276 e. The van der Waals surface area contributed by atoms with Crippen molar-refractivity contribution in [1.29, 1.82) is 0 Å². The molecule has 1 saturated carbocycles. The van der Waals surface area contributed by atoms with Gasteiger partial charge in [-0.15, -0.1) is 0 Å². The van der Waals surface area contributed by atoms with Crippen LogP contribution in [-0.4, -0.2) is 17.3 Å². The Balaban J connectivity index is 2.04. The highest BCUT2D eigenvalue weighted by atomic mass is 16.6. The maximum absolute atomic E-state index is 12.1. The van der Waals surface area contributed by atoms with Crippen LogP contribution in [-0.2, 0) is 4.79 Å². The molecule has 1 aliphatic carbocycles. The molecule has 0 radical (unpaired) electrons. The maximum atomic E-state index is 12.1. The second kappa shape index (κ2) is 6.70. The van der Waals surface area contributed by atoms with Gasteiger partial charge in [0.05, 0.1) is 11.0 Å². The van der Waals surface area contributed by atoms with Gasteiger partial charge in [-0.1, -0.05) is 19.3 Å². The molecule has 0 aliphatic heterocycles. The SMILES string of the molecule is Cc1cc(C)c([N+](=O)[O-])cc1OCC(=O)C1CCCCC1. The number of nitro groups is 1. The molecule has 0 bridgehead atoms. The first-order valence-corrected chi connectivity index (χ1v) is 7.40. The first-order valence-electron chi connectivity index (χ1n) is 7.40. The van der Waals surface area contributed by atoms with Crippen molar-refractivity contribution in [2.75, 3.05) is 6.61 Å². The molecule has 1 aromatic rings. The number of nitrogens with zero attached hydrogens (tertiary/aromatic N) is 1. The van der Waals surface area contributed by atoms with Crippen LogP contribution in [0.3, 0.4) is 0 Å². The van der Waals surface area contributed by atoms with Crippen molar-refractivity contribution in [3.8, 4) is 5.75 Å². The second-order valence-corrected chi connectivity index (χ2v) is 5.75. The molecule has 0 heterocycles. The zero-order chi connectivity index (χ0) is 15.4. The van der Waals surface area contributed by atoms with Crippen LogP contribution in [0, 0.1) is 29.9 Å². The molecule has 0 N–H and O–H groups in total. The number of benzene rings is 1. The molecule has 0 atom stereocenters. The van der Waals surface area contributed by atoms with Gasteiger partial charge in [-0.05, 0) is 38.3 Å². The fraction of sp³-hybridized carbons (Fsp3) is 0.562. The summed E-state index contributed by atoms with van der Waals surface area (Å²) in [5, 5.41) is 11.0. The lowest BCUT2D eigenvalue weighted by atomic mass is 9.86. The minimum absolute atomic E-state index is 0.00568. The lowest BCUT2D eigenvalue weighted by molar-refractivity contribution is -0.385. The number of Topliss-reactive ketones (excluding diaryl/α,β-unsaturated/α-hetero) is 1. The van der Waals surface area contributed by atoms with Gasteiger partial charge in [0.15, 0.2) is 5.78 Å². The van der Waals surface area contributed by atoms with Gasteiger partial charge in [0.2, 0.25) is 0 Å². The lowest BCUT2D eigenvalue weighted by Crippen LogP contribution is -2.23. The minimum Gasteiger partial charge on any atom is -0.485 e. The fourth-order valence-electron chi connectivity index (χ4n) is 2.87. The highest BCUT2D eigenvalue weighted by molar-refractivity contribution is 5.82. The zero-order valence-electron chi connectivity index (χ0n) is 12.6. The van der Waals surface area contributed by atoms with Gasteiger partial charge in [-0.3, -0.25) is 14.9 Å². The Morgan fingerprint density at radius 1 is 1.24 bits per heavy atom. The highest BCUT2D eigenvalue weighted by Crippen LogP contribution is 2.29. The number of nitro benzene ring substituents is 1. The highest BCUT2D eigenvalue weighted by Gasteiger charge is 2.22. The number of hydrogen-bond donors (Lipinski definition) is 0. The molecular formula is C16H21NO4. The van der Waals surface area contributed by atoms with E-state index in [1.54, 1.807) is 13.0 Å². The van der Waals surface area contributed by atoms with Crippen LogP contribution in [0.1, 0.15) is 43.2 Å². The molecule has 114 valence electrons. The second-order valence-electron chi connectivity index (χ2n) is 5.75. The average molecular weight is 291 g/mol. The first kappa shape index (κ1) is 15.5. The summed E-state index contributed by atoms with van der Waals surface area (Å²) >= 11 is 0. The quantitative estimate of drug-likeness (QED) is 0.612. The fourth-order valence-corrected chi connectivity index (χ4v) is 2.87. The Kier molecular flexibility index (Phi) is 4.94. The van der Waals surface area contributed by atoms with Crippen molar-refractivity contribution in [3.05, 3.63) is 33.4 Å². The number of carbonyl (C=O) groups excluding carboxylic acids is 1. The van der Waals surface area contributed by atoms with E-state index in [1.165, 1.54) is 12.5 Å². The van der Waals surface area contributed by atoms with E-state index >= 15 is 0 Å². The standard InChI is InChI=1S/C16H21NO4/c1-11-8-12(2)16(9-14(11)17(19)20)21-10-15(18)13-6-4-3-5-7-13/h8-9,13H,3-7,10H2,1-2H3. The number of rotatable bonds is 5. The van der Waals surface area contributed by atoms with Gasteiger partial charge in [-0.25, -0.2) is 0 Å². The molecule has 0 amide bonds. The normalized spacial score (nSPS) is 15.7. The smallest absolute Gasteiger partial charge is 0.276 e. The van der Waals surface area contributed by atoms with Crippen molar-refractivity contribution >= 4 is 11.5 Å². The molecule has 0 aromatic heterocycles. The average Bonchev–Trinajstić information content (AvgIpc) is 2.46. The van der Waals surface area contributed by atoms with Crippen molar-refractivity contribution in [1.82, 2.24) is 0 Å². The first-order chi connectivity index (χ1) is 9.99. The molecule has 1 fully saturated rings. The number of ketones is 1. The summed E-state index contributed by atoms with van der Waals surface area (Å²) in [6.07, 6.45) is 5.29. The van der Waals surface area contributed by atoms with E-state index < -0.39 is 4.92 Å². The van der Waals surface area contributed by atoms with Crippen molar-refractivity contribution < 1.29 is 14.5 Å². The van der Waals surface area contributed by atoms with Crippen LogP contribution in [0.25, 0.3) is 0 Å². The van der Waals surface area contributed by atoms with Crippen LogP contribution in [0.2, 0.25) is 0 Å². The Morgan fingerprint density at radius 3 is 2.52 bits per heavy atom. The van der Waals surface area contributed by atoms with E-state index in [0.29, 0.717) is 11.3 Å². The van der Waals surface area contributed by atoms with E-state index in [2.05, 4.69) is 0 Å². The molecule has 1 aromatic carbocycles. The van der Waals surface area contributed by atoms with Gasteiger partial charge in [0.25, 0.3) is 5.69 Å². The predicted molar refractivity (Wildman–Crippen MR) is 79.6 cm³/mol. The summed E-state index contributed by atoms with van der Waals surface area (Å²) in [6.45, 7) is 3.53. The monoisotopic (exact) mass is 291 g/mol. The van der Waals surface area contributed by atoms with E-state index in [1.807, 2.05) is 6.92 Å². The summed E-state index contributed by atoms with van der Waals surface area (Å²) in [6, 6.07) is 3.14. The summed E-state index contributed by atoms with van der Waals surface area (Å²) in [5.74, 6) is 0.633. The Hall–Kier alpha value is -1.91. The Labute approximate surface area is 124 Å². The van der Waals surface area contributed by atoms with Gasteiger partial charge in [-0.2, -0.15) is 0 Å². The van der Waals surface area contributed by atoms with E-state index in [0.717, 1.165) is 31.2 Å². The molecule has 5 nitrogen and oxygen atoms in total. The van der Waals surface area contributed by atoms with Crippen LogP contribution in [0.4, 0.5) is 5.69 Å². The third-order valence-electron chi connectivity index (χ3n) is 4.12. The number of carbonyl (C=O) groups is 1. The minimum atomic E-state index is -0.426. The third kappa shape index (κ3) is 3.80. The largest absolute Gasteiger partial charge is 0.485 e. The van der Waals surface area contributed by atoms with Gasteiger partial charge < -0.3 is 4.74 Å². The van der Waals surface area contributed by atoms with Crippen LogP contribution < -0.4 is 4.74 Å². The Bertz CT molecular complexity index is 547. The van der Waals surface area contributed by atoms with Gasteiger partial charge in [0.1, 0.15) is 12.4 Å². The van der Waals surface area contributed by atoms with Crippen molar-refractivity contribution in [3.63, 3.8) is 0 Å². The summed E-state index contributed by atoms with van der Waals surface area (Å²) in [4.78, 5) is 22.6. The lowest BCUT2D eigenvalue weighted by Gasteiger charge is -2.20. The molecule has 21 heavy (non-hydrogen) atoms. The topological polar surface area (TPSA) is 69.4 Å². The number of hydrogen-bond acceptors (Lipinski definition) is 4. The summed E-state index contributed by atoms with van der Waals surface area (Å²) in [7, 11) is 0. The molecule has 2 rings (SSSR count). The van der Waals surface area contributed by atoms with Crippen LogP contribution >= 0.6 is 0 Å². The van der Waals surface area contributed by atoms with Gasteiger partial charge >= 0.3 is 0 Å². The molecule has 0 spiro atoms. The van der Waals surface area contributed by atoms with Crippen molar-refractivity contribution in [2.24, 2.45) is 5.92 Å². The molecule has 5 heteroatoms. The molecule has 1 aliphatic rings. The van der Waals surface area contributed by atoms with E-state index in [9.17, 15) is 14.9 Å². The van der Waals surface area contributed by atoms with Crippen LogP contribution in [0.15, 0.2) is 12.1 Å². The molecule has 0 saturated heterocycles. The summed E-state index contributed by atoms with van der Waals surface area (Å²) in [5.41, 5.74) is 1.44. The van der Waals surface area contributed by atoms with Crippen molar-refractivity contribution in [2.45, 2.75) is 46.0 Å². The number of aryl methyl sites for hydroxylation is 2.